The topological polar surface area (TPSA) is 140 Å². The van der Waals surface area contributed by atoms with E-state index in [4.69, 9.17) is 4.74 Å². The van der Waals surface area contributed by atoms with Crippen LogP contribution in [-0.4, -0.2) is 56.2 Å². The summed E-state index contributed by atoms with van der Waals surface area (Å²) in [5.41, 5.74) is 0.555. The van der Waals surface area contributed by atoms with Gasteiger partial charge in [0.2, 0.25) is 0 Å². The molecule has 1 atom stereocenters. The van der Waals surface area contributed by atoms with Crippen molar-refractivity contribution in [3.63, 3.8) is 0 Å². The first kappa shape index (κ1) is 24.0. The van der Waals surface area contributed by atoms with Crippen LogP contribution in [0.3, 0.4) is 0 Å². The summed E-state index contributed by atoms with van der Waals surface area (Å²) in [5.74, 6) is -1.55. The third kappa shape index (κ3) is 4.15. The van der Waals surface area contributed by atoms with Crippen molar-refractivity contribution in [2.75, 3.05) is 14.1 Å². The Hall–Kier alpha value is -4.74. The van der Waals surface area contributed by atoms with Gasteiger partial charge in [0, 0.05) is 44.7 Å². The predicted octanol–water partition coefficient (Wildman–Crippen LogP) is 1.21. The van der Waals surface area contributed by atoms with Crippen LogP contribution < -0.4 is 20.9 Å². The molecule has 0 fully saturated rings. The van der Waals surface area contributed by atoms with Crippen molar-refractivity contribution in [1.82, 2.24) is 29.7 Å². The number of pyridine rings is 2. The molecule has 0 aliphatic carbocycles. The minimum Gasteiger partial charge on any atom is -0.505 e. The van der Waals surface area contributed by atoms with E-state index in [1.807, 2.05) is 0 Å². The van der Waals surface area contributed by atoms with Crippen LogP contribution >= 0.6 is 0 Å². The van der Waals surface area contributed by atoms with Gasteiger partial charge in [-0.25, -0.2) is 9.37 Å². The van der Waals surface area contributed by atoms with Gasteiger partial charge in [0.05, 0.1) is 13.1 Å². The molecule has 190 valence electrons. The van der Waals surface area contributed by atoms with Gasteiger partial charge in [0.25, 0.3) is 17.4 Å². The molecule has 12 heteroatoms. The second-order valence-corrected chi connectivity index (χ2v) is 8.55. The number of amides is 2. The van der Waals surface area contributed by atoms with E-state index >= 15 is 0 Å². The molecule has 0 unspecified atom stereocenters. The number of nitrogens with one attached hydrogen (secondary N) is 2. The van der Waals surface area contributed by atoms with E-state index in [1.165, 1.54) is 43.2 Å². The van der Waals surface area contributed by atoms with E-state index in [-0.39, 0.29) is 41.7 Å². The predicted molar refractivity (Wildman–Crippen MR) is 130 cm³/mol. The number of aromatic nitrogens is 4. The van der Waals surface area contributed by atoms with Crippen molar-refractivity contribution < 1.29 is 23.8 Å². The lowest BCUT2D eigenvalue weighted by molar-refractivity contribution is 0.0934. The molecule has 0 saturated carbocycles. The molecule has 1 aromatic carbocycles. The van der Waals surface area contributed by atoms with Crippen LogP contribution in [0.15, 0.2) is 47.7 Å². The van der Waals surface area contributed by atoms with Gasteiger partial charge in [-0.15, -0.1) is 0 Å². The highest BCUT2D eigenvalue weighted by molar-refractivity contribution is 6.02. The van der Waals surface area contributed by atoms with Crippen LogP contribution in [0.2, 0.25) is 0 Å². The molecule has 0 bridgehead atoms. The summed E-state index contributed by atoms with van der Waals surface area (Å²) in [7, 11) is 2.86. The Labute approximate surface area is 209 Å². The first-order valence-electron chi connectivity index (χ1n) is 11.5. The summed E-state index contributed by atoms with van der Waals surface area (Å²) in [6, 6.07) is 5.95. The van der Waals surface area contributed by atoms with Crippen LogP contribution in [0.5, 0.6) is 11.5 Å². The number of carbonyl (C=O) groups excluding carboxylic acids is 2. The zero-order valence-corrected chi connectivity index (χ0v) is 20.0. The molecule has 4 heterocycles. The number of benzene rings is 1. The first-order valence-corrected chi connectivity index (χ1v) is 11.5. The van der Waals surface area contributed by atoms with Crippen LogP contribution in [0.4, 0.5) is 4.39 Å². The van der Waals surface area contributed by atoms with E-state index in [0.717, 1.165) is 5.56 Å². The maximum atomic E-state index is 13.4. The van der Waals surface area contributed by atoms with Crippen molar-refractivity contribution in [1.29, 1.82) is 0 Å². The summed E-state index contributed by atoms with van der Waals surface area (Å²) in [6.45, 7) is 0.199. The van der Waals surface area contributed by atoms with Crippen molar-refractivity contribution in [2.45, 2.75) is 25.6 Å². The molecule has 11 nitrogen and oxygen atoms in total. The van der Waals surface area contributed by atoms with E-state index in [1.54, 1.807) is 22.9 Å². The van der Waals surface area contributed by atoms with Crippen LogP contribution in [0, 0.1) is 5.82 Å². The van der Waals surface area contributed by atoms with Gasteiger partial charge in [-0.1, -0.05) is 12.1 Å². The molecule has 0 spiro atoms. The highest BCUT2D eigenvalue weighted by atomic mass is 19.1. The fourth-order valence-corrected chi connectivity index (χ4v) is 4.48. The van der Waals surface area contributed by atoms with Crippen molar-refractivity contribution >= 4 is 22.8 Å². The number of ether oxygens (including phenoxy) is 1. The van der Waals surface area contributed by atoms with Gasteiger partial charge in [0.1, 0.15) is 28.5 Å². The molecular formula is C25H23FN6O5. The lowest BCUT2D eigenvalue weighted by Crippen LogP contribution is -2.40. The number of carbonyl (C=O) groups is 2. The lowest BCUT2D eigenvalue weighted by atomic mass is 10.0. The second-order valence-electron chi connectivity index (χ2n) is 8.55. The summed E-state index contributed by atoms with van der Waals surface area (Å²) >= 11 is 0. The molecule has 3 aromatic heterocycles. The molecule has 1 aliphatic rings. The number of aromatic hydroxyl groups is 1. The average molecular weight is 506 g/mol. The molecule has 0 saturated heterocycles. The highest BCUT2D eigenvalue weighted by Crippen LogP contribution is 2.38. The Morgan fingerprint density at radius 2 is 1.89 bits per heavy atom. The largest absolute Gasteiger partial charge is 0.505 e. The third-order valence-electron chi connectivity index (χ3n) is 6.25. The van der Waals surface area contributed by atoms with Gasteiger partial charge in [0.15, 0.2) is 17.3 Å². The molecule has 5 rings (SSSR count). The maximum absolute atomic E-state index is 13.4. The zero-order chi connectivity index (χ0) is 26.3. The van der Waals surface area contributed by atoms with Crippen LogP contribution in [-0.2, 0) is 19.5 Å². The van der Waals surface area contributed by atoms with E-state index in [9.17, 15) is 23.9 Å². The molecule has 3 N–H and O–H groups in total. The SMILES string of the molecule is CNC(=O)c1c(O)c2ncc(Cc3ccc(F)cc3)c3c2n(c1=O)C[C@@H](Cn1ccnc1C(=O)NC)O3. The van der Waals surface area contributed by atoms with E-state index in [2.05, 4.69) is 20.6 Å². The Kier molecular flexibility index (Phi) is 6.07. The Morgan fingerprint density at radius 3 is 2.59 bits per heavy atom. The molecule has 4 aromatic rings. The smallest absolute Gasteiger partial charge is 0.287 e. The molecule has 2 amide bonds. The summed E-state index contributed by atoms with van der Waals surface area (Å²) in [4.78, 5) is 46.6. The van der Waals surface area contributed by atoms with Crippen LogP contribution in [0.25, 0.3) is 11.0 Å². The number of hydrogen-bond donors (Lipinski definition) is 3. The fourth-order valence-electron chi connectivity index (χ4n) is 4.48. The van der Waals surface area contributed by atoms with Crippen molar-refractivity contribution in [3.05, 3.63) is 81.5 Å². The first-order chi connectivity index (χ1) is 17.8. The van der Waals surface area contributed by atoms with E-state index < -0.39 is 28.9 Å². The molecular weight excluding hydrogens is 483 g/mol. The van der Waals surface area contributed by atoms with E-state index in [0.29, 0.717) is 17.7 Å². The summed E-state index contributed by atoms with van der Waals surface area (Å²) in [6.07, 6.45) is 4.29. The Balaban J connectivity index is 1.65. The van der Waals surface area contributed by atoms with Gasteiger partial charge >= 0.3 is 0 Å². The molecule has 1 aliphatic heterocycles. The second kappa shape index (κ2) is 9.37. The minimum atomic E-state index is -0.744. The Morgan fingerprint density at radius 1 is 1.16 bits per heavy atom. The maximum Gasteiger partial charge on any atom is 0.287 e. The molecule has 37 heavy (non-hydrogen) atoms. The quantitative estimate of drug-likeness (QED) is 0.357. The number of nitrogens with zero attached hydrogens (tertiary/aromatic N) is 4. The fraction of sp³-hybridized carbons (Fsp3) is 0.240. The standard InChI is InChI=1S/C25H23FN6O5/c1-27-23(34)17-20(33)18-19-21(14(10-30-18)9-13-3-5-15(26)6-4-13)37-16(12-32(19)25(17)36)11-31-8-7-29-22(31)24(35)28-2/h3-8,10,16,33H,9,11-12H2,1-2H3,(H,27,34)(H,28,35)/t16-/m1/s1. The third-order valence-corrected chi connectivity index (χ3v) is 6.25. The number of rotatable bonds is 6. The van der Waals surface area contributed by atoms with Crippen molar-refractivity contribution in [3.8, 4) is 11.5 Å². The monoisotopic (exact) mass is 506 g/mol. The van der Waals surface area contributed by atoms with Crippen LogP contribution in [0.1, 0.15) is 32.1 Å². The summed E-state index contributed by atoms with van der Waals surface area (Å²) < 4.78 is 22.8. The highest BCUT2D eigenvalue weighted by Gasteiger charge is 2.32. The number of halogens is 1. The number of hydrogen-bond acceptors (Lipinski definition) is 7. The average Bonchev–Trinajstić information content (AvgIpc) is 3.36. The van der Waals surface area contributed by atoms with Gasteiger partial charge in [-0.2, -0.15) is 0 Å². The van der Waals surface area contributed by atoms with Crippen molar-refractivity contribution in [2.24, 2.45) is 0 Å². The number of imidazole rings is 1. The van der Waals surface area contributed by atoms with Gasteiger partial charge < -0.3 is 25.0 Å². The lowest BCUT2D eigenvalue weighted by Gasteiger charge is -2.30. The zero-order valence-electron chi connectivity index (χ0n) is 20.0. The van der Waals surface area contributed by atoms with Gasteiger partial charge in [-0.05, 0) is 17.7 Å². The Bertz CT molecular complexity index is 1590. The molecule has 0 radical (unpaired) electrons. The summed E-state index contributed by atoms with van der Waals surface area (Å²) in [5, 5.41) is 15.7. The normalized spacial score (nSPS) is 14.3. The minimum absolute atomic E-state index is 0.0274. The van der Waals surface area contributed by atoms with Gasteiger partial charge in [-0.3, -0.25) is 23.9 Å².